The van der Waals surface area contributed by atoms with Crippen LogP contribution < -0.4 is 4.90 Å². The number of carbonyl (C=O) groups is 1. The number of rotatable bonds is 8. The Morgan fingerprint density at radius 1 is 1.16 bits per heavy atom. The molecule has 0 saturated carbocycles. The Bertz CT molecular complexity index is 386. The van der Waals surface area contributed by atoms with Gasteiger partial charge in [0.1, 0.15) is 0 Å². The molecule has 0 fully saturated rings. The van der Waals surface area contributed by atoms with Gasteiger partial charge in [-0.25, -0.2) is 0 Å². The van der Waals surface area contributed by atoms with Crippen molar-refractivity contribution in [1.29, 1.82) is 0 Å². The largest absolute Gasteiger partial charge is 0.481 e. The monoisotopic (exact) mass is 264 g/mol. The molecule has 0 radical (unpaired) electrons. The molecule has 4 nitrogen and oxygen atoms in total. The van der Waals surface area contributed by atoms with Gasteiger partial charge in [0.25, 0.3) is 0 Å². The number of anilines is 1. The van der Waals surface area contributed by atoms with Crippen LogP contribution in [0.1, 0.15) is 25.8 Å². The van der Waals surface area contributed by atoms with E-state index >= 15 is 0 Å². The highest BCUT2D eigenvalue weighted by molar-refractivity contribution is 5.67. The fourth-order valence-electron chi connectivity index (χ4n) is 1.95. The Balaban J connectivity index is 2.57. The van der Waals surface area contributed by atoms with Crippen molar-refractivity contribution in [1.82, 2.24) is 4.90 Å². The summed E-state index contributed by atoms with van der Waals surface area (Å²) in [7, 11) is 1.92. The number of nitrogens with zero attached hydrogens (tertiary/aromatic N) is 2. The summed E-state index contributed by atoms with van der Waals surface area (Å²) in [6, 6.07) is 8.34. The quantitative estimate of drug-likeness (QED) is 0.783. The van der Waals surface area contributed by atoms with Gasteiger partial charge >= 0.3 is 5.97 Å². The van der Waals surface area contributed by atoms with Crippen LogP contribution in [0.15, 0.2) is 24.3 Å². The molecule has 1 rings (SSSR count). The predicted octanol–water partition coefficient (Wildman–Crippen LogP) is 2.44. The van der Waals surface area contributed by atoms with E-state index in [1.165, 1.54) is 5.56 Å². The molecule has 0 aromatic heterocycles. The highest BCUT2D eigenvalue weighted by Gasteiger charge is 2.05. The summed E-state index contributed by atoms with van der Waals surface area (Å²) in [5, 5.41) is 8.67. The van der Waals surface area contributed by atoms with E-state index in [4.69, 9.17) is 5.11 Å². The summed E-state index contributed by atoms with van der Waals surface area (Å²) < 4.78 is 0. The predicted molar refractivity (Wildman–Crippen MR) is 78.6 cm³/mol. The van der Waals surface area contributed by atoms with E-state index in [0.29, 0.717) is 6.54 Å². The van der Waals surface area contributed by atoms with E-state index in [0.717, 1.165) is 25.3 Å². The molecule has 0 bridgehead atoms. The Labute approximate surface area is 115 Å². The van der Waals surface area contributed by atoms with Gasteiger partial charge in [-0.3, -0.25) is 9.69 Å². The molecule has 0 atom stereocenters. The van der Waals surface area contributed by atoms with Gasteiger partial charge in [0.2, 0.25) is 0 Å². The number of carboxylic acids is 1. The van der Waals surface area contributed by atoms with Gasteiger partial charge < -0.3 is 10.0 Å². The van der Waals surface area contributed by atoms with Crippen LogP contribution in [-0.4, -0.2) is 42.7 Å². The average Bonchev–Trinajstić information content (AvgIpc) is 2.42. The third-order valence-electron chi connectivity index (χ3n) is 3.34. The zero-order valence-corrected chi connectivity index (χ0v) is 12.1. The summed E-state index contributed by atoms with van der Waals surface area (Å²) >= 11 is 0. The molecule has 0 spiro atoms. The first-order valence-electron chi connectivity index (χ1n) is 6.81. The minimum Gasteiger partial charge on any atom is -0.481 e. The second-order valence-corrected chi connectivity index (χ2v) is 4.69. The Kier molecular flexibility index (Phi) is 6.36. The van der Waals surface area contributed by atoms with E-state index < -0.39 is 5.97 Å². The van der Waals surface area contributed by atoms with Gasteiger partial charge in [-0.15, -0.1) is 0 Å². The topological polar surface area (TPSA) is 43.8 Å². The maximum atomic E-state index is 10.5. The van der Waals surface area contributed by atoms with Crippen molar-refractivity contribution in [2.24, 2.45) is 0 Å². The first-order valence-corrected chi connectivity index (χ1v) is 6.81. The fraction of sp³-hybridized carbons (Fsp3) is 0.533. The summed E-state index contributed by atoms with van der Waals surface area (Å²) in [5.41, 5.74) is 2.35. The highest BCUT2D eigenvalue weighted by atomic mass is 16.4. The van der Waals surface area contributed by atoms with E-state index in [2.05, 4.69) is 43.0 Å². The normalized spacial score (nSPS) is 10.7. The molecule has 106 valence electrons. The van der Waals surface area contributed by atoms with E-state index in [9.17, 15) is 4.79 Å². The Hall–Kier alpha value is -1.55. The smallest absolute Gasteiger partial charge is 0.305 e. The average molecular weight is 264 g/mol. The third kappa shape index (κ3) is 5.30. The summed E-state index contributed by atoms with van der Waals surface area (Å²) in [4.78, 5) is 14.9. The molecule has 0 heterocycles. The van der Waals surface area contributed by atoms with Crippen LogP contribution in [0.3, 0.4) is 0 Å². The molecule has 0 aliphatic heterocycles. The molecule has 0 unspecified atom stereocenters. The van der Waals surface area contributed by atoms with Gasteiger partial charge in [0.05, 0.1) is 6.42 Å². The standard InChI is InChI=1S/C15H24N2O2/c1-4-17(5-2)12-13-6-8-14(9-7-13)16(3)11-10-15(18)19/h6-9H,4-5,10-12H2,1-3H3,(H,18,19). The van der Waals surface area contributed by atoms with Gasteiger partial charge in [-0.2, -0.15) is 0 Å². The van der Waals surface area contributed by atoms with Gasteiger partial charge in [0, 0.05) is 25.8 Å². The first-order chi connectivity index (χ1) is 9.06. The lowest BCUT2D eigenvalue weighted by molar-refractivity contribution is -0.136. The molecular formula is C15H24N2O2. The van der Waals surface area contributed by atoms with Gasteiger partial charge in [0.15, 0.2) is 0 Å². The van der Waals surface area contributed by atoms with Crippen molar-refractivity contribution in [2.75, 3.05) is 31.6 Å². The SMILES string of the molecule is CCN(CC)Cc1ccc(N(C)CCC(=O)O)cc1. The lowest BCUT2D eigenvalue weighted by Crippen LogP contribution is -2.22. The molecule has 4 heteroatoms. The van der Waals surface area contributed by atoms with Crippen LogP contribution in [0.4, 0.5) is 5.69 Å². The van der Waals surface area contributed by atoms with Crippen molar-refractivity contribution in [2.45, 2.75) is 26.8 Å². The number of benzene rings is 1. The number of hydrogen-bond donors (Lipinski definition) is 1. The first kappa shape index (κ1) is 15.5. The maximum Gasteiger partial charge on any atom is 0.305 e. The molecule has 0 aliphatic carbocycles. The van der Waals surface area contributed by atoms with Crippen molar-refractivity contribution in [3.05, 3.63) is 29.8 Å². The summed E-state index contributed by atoms with van der Waals surface area (Å²) in [6.07, 6.45) is 0.164. The van der Waals surface area contributed by atoms with Gasteiger partial charge in [-0.05, 0) is 30.8 Å². The second-order valence-electron chi connectivity index (χ2n) is 4.69. The second kappa shape index (κ2) is 7.79. The fourth-order valence-corrected chi connectivity index (χ4v) is 1.95. The zero-order valence-electron chi connectivity index (χ0n) is 12.1. The van der Waals surface area contributed by atoms with Crippen molar-refractivity contribution in [3.8, 4) is 0 Å². The Morgan fingerprint density at radius 3 is 2.21 bits per heavy atom. The Morgan fingerprint density at radius 2 is 1.74 bits per heavy atom. The molecule has 0 amide bonds. The minimum atomic E-state index is -0.759. The molecule has 0 saturated heterocycles. The van der Waals surface area contributed by atoms with E-state index in [-0.39, 0.29) is 6.42 Å². The van der Waals surface area contributed by atoms with Crippen LogP contribution in [0.25, 0.3) is 0 Å². The summed E-state index contributed by atoms with van der Waals surface area (Å²) in [5.74, 6) is -0.759. The maximum absolute atomic E-state index is 10.5. The molecule has 1 aromatic carbocycles. The zero-order chi connectivity index (χ0) is 14.3. The summed E-state index contributed by atoms with van der Waals surface area (Å²) in [6.45, 7) is 7.93. The lowest BCUT2D eigenvalue weighted by Gasteiger charge is -2.20. The molecular weight excluding hydrogens is 240 g/mol. The van der Waals surface area contributed by atoms with Crippen LogP contribution in [0.5, 0.6) is 0 Å². The van der Waals surface area contributed by atoms with Crippen LogP contribution in [-0.2, 0) is 11.3 Å². The number of carboxylic acid groups (broad SMARTS) is 1. The molecule has 1 N–H and O–H groups in total. The lowest BCUT2D eigenvalue weighted by atomic mass is 10.2. The van der Waals surface area contributed by atoms with E-state index in [1.54, 1.807) is 0 Å². The van der Waals surface area contributed by atoms with Crippen molar-refractivity contribution in [3.63, 3.8) is 0 Å². The molecule has 0 aliphatic rings. The van der Waals surface area contributed by atoms with Crippen LogP contribution >= 0.6 is 0 Å². The highest BCUT2D eigenvalue weighted by Crippen LogP contribution is 2.15. The van der Waals surface area contributed by atoms with E-state index in [1.807, 2.05) is 11.9 Å². The van der Waals surface area contributed by atoms with Crippen molar-refractivity contribution >= 4 is 11.7 Å². The third-order valence-corrected chi connectivity index (χ3v) is 3.34. The minimum absolute atomic E-state index is 0.164. The molecule has 1 aromatic rings. The molecule has 19 heavy (non-hydrogen) atoms. The van der Waals surface area contributed by atoms with Crippen LogP contribution in [0, 0.1) is 0 Å². The van der Waals surface area contributed by atoms with Gasteiger partial charge in [-0.1, -0.05) is 26.0 Å². The van der Waals surface area contributed by atoms with Crippen LogP contribution in [0.2, 0.25) is 0 Å². The number of hydrogen-bond acceptors (Lipinski definition) is 3. The number of aliphatic carboxylic acids is 1. The van der Waals surface area contributed by atoms with Crippen molar-refractivity contribution < 1.29 is 9.90 Å².